The normalized spacial score (nSPS) is 33.0. The summed E-state index contributed by atoms with van der Waals surface area (Å²) in [7, 11) is 5.89. The molecule has 2 aliphatic heterocycles. The Kier molecular flexibility index (Phi) is 4.77. The van der Waals surface area contributed by atoms with Gasteiger partial charge in [-0.05, 0) is 18.8 Å². The second-order valence-corrected chi connectivity index (χ2v) is 9.26. The van der Waals surface area contributed by atoms with Crippen LogP contribution in [0.25, 0.3) is 0 Å². The number of carbonyl (C=O) groups excluding carboxylic acids is 4. The number of rotatable bonds is 3. The van der Waals surface area contributed by atoms with Gasteiger partial charge in [0.25, 0.3) is 0 Å². The number of hydrogen-bond donors (Lipinski definition) is 1. The fourth-order valence-electron chi connectivity index (χ4n) is 6.46. The first-order chi connectivity index (χ1) is 15.7. The third-order valence-electron chi connectivity index (χ3n) is 7.93. The van der Waals surface area contributed by atoms with Crippen LogP contribution < -0.4 is 9.47 Å². The van der Waals surface area contributed by atoms with Gasteiger partial charge in [-0.25, -0.2) is 0 Å². The van der Waals surface area contributed by atoms with E-state index in [1.54, 1.807) is 0 Å². The molecule has 1 aromatic rings. The summed E-state index contributed by atoms with van der Waals surface area (Å²) >= 11 is 0. The number of amides is 4. The van der Waals surface area contributed by atoms with E-state index in [-0.39, 0.29) is 35.3 Å². The zero-order chi connectivity index (χ0) is 23.8. The maximum Gasteiger partial charge on any atom is 0.233 e. The number of likely N-dealkylation sites (tertiary alicyclic amines) is 2. The van der Waals surface area contributed by atoms with Gasteiger partial charge in [0.2, 0.25) is 23.6 Å². The Bertz CT molecular complexity index is 1100. The molecule has 2 aliphatic carbocycles. The molecule has 4 amide bonds. The van der Waals surface area contributed by atoms with Gasteiger partial charge < -0.3 is 14.6 Å². The zero-order valence-electron chi connectivity index (χ0n) is 18.9. The third kappa shape index (κ3) is 2.77. The number of phenols is 1. The van der Waals surface area contributed by atoms with Crippen LogP contribution in [0.15, 0.2) is 23.8 Å². The average molecular weight is 454 g/mol. The smallest absolute Gasteiger partial charge is 0.233 e. The number of fused-ring (bicyclic) bond motifs is 4. The molecule has 1 aromatic carbocycles. The average Bonchev–Trinajstić information content (AvgIpc) is 3.17. The first-order valence-electron chi connectivity index (χ1n) is 11.0. The predicted octanol–water partition coefficient (Wildman–Crippen LogP) is 1.30. The van der Waals surface area contributed by atoms with Crippen LogP contribution in [0.1, 0.15) is 24.3 Å². The predicted molar refractivity (Wildman–Crippen MR) is 114 cm³/mol. The van der Waals surface area contributed by atoms with Gasteiger partial charge in [0, 0.05) is 37.7 Å². The topological polar surface area (TPSA) is 113 Å². The maximum atomic E-state index is 13.3. The molecular weight excluding hydrogens is 428 g/mol. The number of hydrogen-bond acceptors (Lipinski definition) is 7. The summed E-state index contributed by atoms with van der Waals surface area (Å²) in [6.45, 7) is 0. The quantitative estimate of drug-likeness (QED) is 0.541. The van der Waals surface area contributed by atoms with Gasteiger partial charge in [-0.2, -0.15) is 0 Å². The van der Waals surface area contributed by atoms with E-state index in [2.05, 4.69) is 0 Å². The molecule has 1 N–H and O–H groups in total. The molecule has 0 spiro atoms. The van der Waals surface area contributed by atoms with Crippen LogP contribution in [0.5, 0.6) is 17.2 Å². The van der Waals surface area contributed by atoms with Crippen molar-refractivity contribution in [2.24, 2.45) is 29.6 Å². The SMILES string of the molecule is COc1cc(O)cc(OC)c1[C@H]1C2=CC[C@@H]3C(=O)N(C)C(=O)[C@@H]3[C@@H]2C[C@H]2C(=O)N(C)C(=O)[C@@H]12. The minimum Gasteiger partial charge on any atom is -0.508 e. The summed E-state index contributed by atoms with van der Waals surface area (Å²) in [6.07, 6.45) is 2.68. The Balaban J connectivity index is 1.74. The molecule has 2 heterocycles. The van der Waals surface area contributed by atoms with E-state index in [1.807, 2.05) is 6.08 Å². The second-order valence-electron chi connectivity index (χ2n) is 9.26. The first kappa shape index (κ1) is 21.5. The van der Waals surface area contributed by atoms with Crippen LogP contribution >= 0.6 is 0 Å². The van der Waals surface area contributed by atoms with E-state index in [1.165, 1.54) is 45.3 Å². The minimum atomic E-state index is -0.682. The molecule has 2 saturated heterocycles. The Morgan fingerprint density at radius 2 is 1.36 bits per heavy atom. The summed E-state index contributed by atoms with van der Waals surface area (Å²) in [5, 5.41) is 10.2. The van der Waals surface area contributed by atoms with Gasteiger partial charge >= 0.3 is 0 Å². The van der Waals surface area contributed by atoms with Crippen LogP contribution in [0, 0.1) is 29.6 Å². The van der Waals surface area contributed by atoms with Crippen molar-refractivity contribution in [1.82, 2.24) is 9.80 Å². The van der Waals surface area contributed by atoms with E-state index in [0.29, 0.717) is 29.9 Å². The van der Waals surface area contributed by atoms with E-state index in [0.717, 1.165) is 10.5 Å². The maximum absolute atomic E-state index is 13.3. The highest BCUT2D eigenvalue weighted by Crippen LogP contribution is 2.60. The molecule has 5 rings (SSSR count). The highest BCUT2D eigenvalue weighted by Gasteiger charge is 2.61. The summed E-state index contributed by atoms with van der Waals surface area (Å²) in [5.74, 6) is -3.67. The van der Waals surface area contributed by atoms with Crippen LogP contribution in [0.3, 0.4) is 0 Å². The van der Waals surface area contributed by atoms with Gasteiger partial charge in [-0.15, -0.1) is 0 Å². The number of nitrogens with zero attached hydrogens (tertiary/aromatic N) is 2. The molecule has 3 fully saturated rings. The summed E-state index contributed by atoms with van der Waals surface area (Å²) in [4.78, 5) is 54.5. The first-order valence-corrected chi connectivity index (χ1v) is 11.0. The molecule has 1 saturated carbocycles. The molecule has 0 radical (unpaired) electrons. The molecular formula is C24H26N2O7. The second kappa shape index (κ2) is 7.33. The number of imide groups is 2. The van der Waals surface area contributed by atoms with Crippen molar-refractivity contribution < 1.29 is 33.8 Å². The van der Waals surface area contributed by atoms with E-state index >= 15 is 0 Å². The van der Waals surface area contributed by atoms with Crippen molar-refractivity contribution in [1.29, 1.82) is 0 Å². The van der Waals surface area contributed by atoms with Crippen molar-refractivity contribution >= 4 is 23.6 Å². The molecule has 0 bridgehead atoms. The number of aromatic hydroxyl groups is 1. The number of carbonyl (C=O) groups is 4. The number of allylic oxidation sites excluding steroid dienone is 2. The zero-order valence-corrected chi connectivity index (χ0v) is 18.9. The lowest BCUT2D eigenvalue weighted by Gasteiger charge is -2.44. The third-order valence-corrected chi connectivity index (χ3v) is 7.93. The van der Waals surface area contributed by atoms with Gasteiger partial charge in [0.05, 0.1) is 37.9 Å². The summed E-state index contributed by atoms with van der Waals surface area (Å²) in [5.41, 5.74) is 1.41. The molecule has 9 nitrogen and oxygen atoms in total. The largest absolute Gasteiger partial charge is 0.508 e. The Hall–Kier alpha value is -3.36. The van der Waals surface area contributed by atoms with Crippen molar-refractivity contribution in [2.45, 2.75) is 18.8 Å². The summed E-state index contributed by atoms with van der Waals surface area (Å²) < 4.78 is 11.1. The number of phenolic OH excluding ortho intramolecular Hbond substituents is 1. The van der Waals surface area contributed by atoms with Crippen LogP contribution in [0.2, 0.25) is 0 Å². The molecule has 9 heteroatoms. The van der Waals surface area contributed by atoms with E-state index < -0.39 is 29.6 Å². The lowest BCUT2D eigenvalue weighted by molar-refractivity contribution is -0.140. The fourth-order valence-corrected chi connectivity index (χ4v) is 6.46. The monoisotopic (exact) mass is 454 g/mol. The van der Waals surface area contributed by atoms with Crippen molar-refractivity contribution in [2.75, 3.05) is 28.3 Å². The Morgan fingerprint density at radius 1 is 0.818 bits per heavy atom. The number of benzene rings is 1. The van der Waals surface area contributed by atoms with E-state index in [9.17, 15) is 24.3 Å². The van der Waals surface area contributed by atoms with Crippen LogP contribution in [-0.2, 0) is 19.2 Å². The van der Waals surface area contributed by atoms with Gasteiger partial charge in [-0.3, -0.25) is 29.0 Å². The van der Waals surface area contributed by atoms with Gasteiger partial charge in [-0.1, -0.05) is 11.6 Å². The molecule has 0 aromatic heterocycles. The minimum absolute atomic E-state index is 0.0572. The van der Waals surface area contributed by atoms with E-state index in [4.69, 9.17) is 9.47 Å². The van der Waals surface area contributed by atoms with Crippen LogP contribution in [0.4, 0.5) is 0 Å². The van der Waals surface area contributed by atoms with Gasteiger partial charge in [0.1, 0.15) is 17.2 Å². The highest BCUT2D eigenvalue weighted by molar-refractivity contribution is 6.07. The molecule has 6 atom stereocenters. The Labute approximate surface area is 190 Å². The lowest BCUT2D eigenvalue weighted by atomic mass is 9.57. The number of methoxy groups -OCH3 is 2. The highest BCUT2D eigenvalue weighted by atomic mass is 16.5. The molecule has 4 aliphatic rings. The molecule has 0 unspecified atom stereocenters. The van der Waals surface area contributed by atoms with Crippen LogP contribution in [-0.4, -0.2) is 66.9 Å². The number of ether oxygens (including phenoxy) is 2. The van der Waals surface area contributed by atoms with Crippen molar-refractivity contribution in [3.05, 3.63) is 29.3 Å². The van der Waals surface area contributed by atoms with Gasteiger partial charge in [0.15, 0.2) is 0 Å². The molecule has 33 heavy (non-hydrogen) atoms. The summed E-state index contributed by atoms with van der Waals surface area (Å²) in [6, 6.07) is 2.90. The van der Waals surface area contributed by atoms with Crippen molar-refractivity contribution in [3.8, 4) is 17.2 Å². The fraction of sp³-hybridized carbons (Fsp3) is 0.500. The Morgan fingerprint density at radius 3 is 1.94 bits per heavy atom. The lowest BCUT2D eigenvalue weighted by Crippen LogP contribution is -2.43. The van der Waals surface area contributed by atoms with Crippen molar-refractivity contribution in [3.63, 3.8) is 0 Å². The molecule has 174 valence electrons. The standard InChI is InChI=1S/C24H26N2O7/c1-25-21(28)12-6-5-11-13(17(12)23(25)30)9-14-19(24(31)26(2)22(14)29)18(11)20-15(32-3)7-10(27)8-16(20)33-4/h5,7-8,12-14,17-19,27H,6,9H2,1-4H3/t12-,13+,14+,17-,18-,19+/m0/s1.